The average Bonchev–Trinajstić information content (AvgIpc) is 2.66. The number of rotatable bonds is 3. The molecule has 1 aliphatic carbocycles. The van der Waals surface area contributed by atoms with Crippen molar-refractivity contribution in [2.75, 3.05) is 5.32 Å². The quantitative estimate of drug-likeness (QED) is 0.708. The predicted octanol–water partition coefficient (Wildman–Crippen LogP) is 4.57. The van der Waals surface area contributed by atoms with Crippen LogP contribution in [0.3, 0.4) is 0 Å². The number of aromatic nitrogens is 1. The maximum absolute atomic E-state index is 13.1. The number of para-hydroxylation sites is 1. The second-order valence-corrected chi connectivity index (χ2v) is 6.72. The molecule has 130 valence electrons. The Balaban J connectivity index is 1.75. The van der Waals surface area contributed by atoms with Crippen LogP contribution in [-0.4, -0.2) is 16.7 Å². The summed E-state index contributed by atoms with van der Waals surface area (Å²) in [4.78, 5) is 29.3. The van der Waals surface area contributed by atoms with Gasteiger partial charge in [0.1, 0.15) is 0 Å². The van der Waals surface area contributed by atoms with Gasteiger partial charge in [0.05, 0.1) is 11.1 Å². The lowest BCUT2D eigenvalue weighted by Gasteiger charge is -2.20. The fraction of sp³-hybridized carbons (Fsp3) is 0.227. The summed E-state index contributed by atoms with van der Waals surface area (Å²) in [7, 11) is 0. The van der Waals surface area contributed by atoms with E-state index in [2.05, 4.69) is 5.32 Å². The normalized spacial score (nSPS) is 13.3. The first-order chi connectivity index (χ1) is 12.6. The number of hydrogen-bond acceptors (Lipinski definition) is 3. The lowest BCUT2D eigenvalue weighted by Crippen LogP contribution is -2.19. The number of nitrogens with one attached hydrogen (secondary N) is 1. The van der Waals surface area contributed by atoms with Crippen molar-refractivity contribution in [1.82, 2.24) is 4.98 Å². The highest BCUT2D eigenvalue weighted by Crippen LogP contribution is 2.30. The number of carbonyl (C=O) groups excluding carboxylic acids is 2. The molecule has 0 aliphatic heterocycles. The van der Waals surface area contributed by atoms with Crippen molar-refractivity contribution in [3.8, 4) is 0 Å². The highest BCUT2D eigenvalue weighted by molar-refractivity contribution is 6.13. The fourth-order valence-electron chi connectivity index (χ4n) is 3.61. The molecule has 0 spiro atoms. The van der Waals surface area contributed by atoms with Crippen molar-refractivity contribution in [3.05, 3.63) is 70.9 Å². The number of pyridine rings is 1. The molecular formula is C22H20N2O2. The maximum Gasteiger partial charge on any atom is 0.256 e. The van der Waals surface area contributed by atoms with E-state index in [4.69, 9.17) is 4.98 Å². The minimum absolute atomic E-state index is 0.0112. The molecule has 1 amide bonds. The number of ketones is 1. The summed E-state index contributed by atoms with van der Waals surface area (Å²) in [6.45, 7) is 1.53. The minimum atomic E-state index is -0.114. The highest BCUT2D eigenvalue weighted by Gasteiger charge is 2.22. The molecule has 1 heterocycles. The largest absolute Gasteiger partial charge is 0.322 e. The Hall–Kier alpha value is -3.01. The summed E-state index contributed by atoms with van der Waals surface area (Å²) < 4.78 is 0. The number of Topliss-reactive ketones (excluding diaryl/α,β-unsaturated/α-hetero) is 1. The summed E-state index contributed by atoms with van der Waals surface area (Å²) in [6, 6.07) is 14.8. The highest BCUT2D eigenvalue weighted by atomic mass is 16.1. The van der Waals surface area contributed by atoms with Crippen LogP contribution in [0, 0.1) is 0 Å². The van der Waals surface area contributed by atoms with Crippen LogP contribution in [0.15, 0.2) is 48.5 Å². The fourth-order valence-corrected chi connectivity index (χ4v) is 3.61. The topological polar surface area (TPSA) is 59.1 Å². The standard InChI is InChI=1S/C22H20N2O2/c1-14(25)15-10-12-16(13-11-15)23-22(26)21-17-6-2-4-8-19(17)24-20-9-5-3-7-18(20)21/h2,4,6,8,10-13H,3,5,7,9H2,1H3,(H,23,26). The number of amides is 1. The molecule has 0 bridgehead atoms. The zero-order valence-corrected chi connectivity index (χ0v) is 14.7. The molecule has 2 aromatic carbocycles. The first kappa shape index (κ1) is 16.5. The van der Waals surface area contributed by atoms with Gasteiger partial charge in [0, 0.05) is 22.3 Å². The van der Waals surface area contributed by atoms with Crippen LogP contribution in [0.1, 0.15) is 51.7 Å². The molecular weight excluding hydrogens is 324 g/mol. The zero-order chi connectivity index (χ0) is 18.1. The number of fused-ring (bicyclic) bond motifs is 2. The van der Waals surface area contributed by atoms with Gasteiger partial charge in [0.15, 0.2) is 5.78 Å². The van der Waals surface area contributed by atoms with Crippen LogP contribution in [0.2, 0.25) is 0 Å². The van der Waals surface area contributed by atoms with Crippen LogP contribution in [0.4, 0.5) is 5.69 Å². The number of aryl methyl sites for hydroxylation is 1. The summed E-state index contributed by atoms with van der Waals surface area (Å²) in [6.07, 6.45) is 4.01. The SMILES string of the molecule is CC(=O)c1ccc(NC(=O)c2c3c(nc4ccccc24)CCCC3)cc1. The molecule has 0 atom stereocenters. The van der Waals surface area contributed by atoms with E-state index >= 15 is 0 Å². The number of hydrogen-bond donors (Lipinski definition) is 1. The molecule has 1 aromatic heterocycles. The summed E-state index contributed by atoms with van der Waals surface area (Å²) in [5.41, 5.74) is 5.05. The lowest BCUT2D eigenvalue weighted by atomic mass is 9.89. The molecule has 3 aromatic rings. The van der Waals surface area contributed by atoms with E-state index in [1.54, 1.807) is 24.3 Å². The van der Waals surface area contributed by atoms with Crippen molar-refractivity contribution in [2.24, 2.45) is 0 Å². The Bertz CT molecular complexity index is 1010. The Kier molecular flexibility index (Phi) is 4.25. The van der Waals surface area contributed by atoms with E-state index in [9.17, 15) is 9.59 Å². The summed E-state index contributed by atoms with van der Waals surface area (Å²) >= 11 is 0. The predicted molar refractivity (Wildman–Crippen MR) is 103 cm³/mol. The van der Waals surface area contributed by atoms with E-state index in [-0.39, 0.29) is 11.7 Å². The summed E-state index contributed by atoms with van der Waals surface area (Å²) in [5, 5.41) is 3.88. The summed E-state index contributed by atoms with van der Waals surface area (Å²) in [5.74, 6) is -0.102. The second kappa shape index (κ2) is 6.71. The monoisotopic (exact) mass is 344 g/mol. The molecule has 4 rings (SSSR count). The zero-order valence-electron chi connectivity index (χ0n) is 14.7. The van der Waals surface area contributed by atoms with Gasteiger partial charge in [-0.05, 0) is 68.5 Å². The Morgan fingerprint density at radius 2 is 1.69 bits per heavy atom. The average molecular weight is 344 g/mol. The molecule has 26 heavy (non-hydrogen) atoms. The molecule has 1 N–H and O–H groups in total. The Morgan fingerprint density at radius 1 is 0.962 bits per heavy atom. The smallest absolute Gasteiger partial charge is 0.256 e. The van der Waals surface area contributed by atoms with Gasteiger partial charge in [-0.2, -0.15) is 0 Å². The van der Waals surface area contributed by atoms with Crippen molar-refractivity contribution in [2.45, 2.75) is 32.6 Å². The second-order valence-electron chi connectivity index (χ2n) is 6.72. The van der Waals surface area contributed by atoms with Crippen molar-refractivity contribution in [1.29, 1.82) is 0 Å². The van der Waals surface area contributed by atoms with Gasteiger partial charge in [-0.1, -0.05) is 18.2 Å². The maximum atomic E-state index is 13.1. The molecule has 4 nitrogen and oxygen atoms in total. The van der Waals surface area contributed by atoms with Crippen molar-refractivity contribution >= 4 is 28.3 Å². The number of anilines is 1. The minimum Gasteiger partial charge on any atom is -0.322 e. The molecule has 0 fully saturated rings. The Morgan fingerprint density at radius 3 is 2.46 bits per heavy atom. The van der Waals surface area contributed by atoms with Gasteiger partial charge < -0.3 is 5.32 Å². The van der Waals surface area contributed by atoms with Crippen LogP contribution in [0.5, 0.6) is 0 Å². The van der Waals surface area contributed by atoms with E-state index in [0.29, 0.717) is 11.3 Å². The van der Waals surface area contributed by atoms with Gasteiger partial charge in [-0.25, -0.2) is 0 Å². The van der Waals surface area contributed by atoms with Crippen LogP contribution in [-0.2, 0) is 12.8 Å². The van der Waals surface area contributed by atoms with E-state index in [1.807, 2.05) is 24.3 Å². The van der Waals surface area contributed by atoms with E-state index in [0.717, 1.165) is 53.4 Å². The number of benzene rings is 2. The third-order valence-corrected chi connectivity index (χ3v) is 4.95. The lowest BCUT2D eigenvalue weighted by molar-refractivity contribution is 0.101. The molecule has 0 saturated carbocycles. The number of nitrogens with zero attached hydrogens (tertiary/aromatic N) is 1. The molecule has 0 saturated heterocycles. The third kappa shape index (κ3) is 2.99. The molecule has 4 heteroatoms. The van der Waals surface area contributed by atoms with Gasteiger partial charge in [0.25, 0.3) is 5.91 Å². The van der Waals surface area contributed by atoms with Crippen LogP contribution >= 0.6 is 0 Å². The molecule has 1 aliphatic rings. The van der Waals surface area contributed by atoms with E-state index < -0.39 is 0 Å². The Labute approximate surface area is 152 Å². The first-order valence-corrected chi connectivity index (χ1v) is 8.96. The first-order valence-electron chi connectivity index (χ1n) is 8.96. The third-order valence-electron chi connectivity index (χ3n) is 4.95. The van der Waals surface area contributed by atoms with Gasteiger partial charge >= 0.3 is 0 Å². The number of carbonyl (C=O) groups is 2. The van der Waals surface area contributed by atoms with Crippen molar-refractivity contribution in [3.63, 3.8) is 0 Å². The molecule has 0 unspecified atom stereocenters. The van der Waals surface area contributed by atoms with Crippen molar-refractivity contribution < 1.29 is 9.59 Å². The van der Waals surface area contributed by atoms with E-state index in [1.165, 1.54) is 6.92 Å². The van der Waals surface area contributed by atoms with Crippen LogP contribution < -0.4 is 5.32 Å². The van der Waals surface area contributed by atoms with Gasteiger partial charge in [0.2, 0.25) is 0 Å². The van der Waals surface area contributed by atoms with Gasteiger partial charge in [-0.3, -0.25) is 14.6 Å². The van der Waals surface area contributed by atoms with Crippen LogP contribution in [0.25, 0.3) is 10.9 Å². The van der Waals surface area contributed by atoms with Gasteiger partial charge in [-0.15, -0.1) is 0 Å². The molecule has 0 radical (unpaired) electrons.